The summed E-state index contributed by atoms with van der Waals surface area (Å²) in [5, 5.41) is 15.4. The minimum Gasteiger partial charge on any atom is -0.493 e. The molecule has 0 saturated heterocycles. The second-order valence-electron chi connectivity index (χ2n) is 3.77. The van der Waals surface area contributed by atoms with Crippen LogP contribution in [-0.4, -0.2) is 30.9 Å². The molecule has 2 rings (SSSR count). The molecule has 0 amide bonds. The van der Waals surface area contributed by atoms with Crippen molar-refractivity contribution in [3.63, 3.8) is 0 Å². The number of thioether (sulfide) groups is 1. The maximum atomic E-state index is 14.4. The number of fused-ring (bicyclic) bond motifs is 1. The maximum Gasteiger partial charge on any atom is 0.189 e. The zero-order valence-corrected chi connectivity index (χ0v) is 11.3. The average molecular weight is 284 g/mol. The second kappa shape index (κ2) is 5.58. The second-order valence-corrected chi connectivity index (χ2v) is 4.58. The summed E-state index contributed by atoms with van der Waals surface area (Å²) in [5.74, 6) is 0.0473. The van der Waals surface area contributed by atoms with Crippen LogP contribution in [0, 0.1) is 16.6 Å². The Labute approximate surface area is 114 Å². The van der Waals surface area contributed by atoms with Crippen molar-refractivity contribution in [1.29, 1.82) is 10.8 Å². The van der Waals surface area contributed by atoms with Crippen LogP contribution in [-0.2, 0) is 11.3 Å². The Balaban J connectivity index is 2.57. The van der Waals surface area contributed by atoms with Gasteiger partial charge in [-0.1, -0.05) is 0 Å². The van der Waals surface area contributed by atoms with Crippen LogP contribution in [0.5, 0.6) is 11.5 Å². The van der Waals surface area contributed by atoms with Crippen molar-refractivity contribution < 1.29 is 18.6 Å². The summed E-state index contributed by atoms with van der Waals surface area (Å²) in [6.45, 7) is 0.103. The number of hydrogen-bond donors (Lipinski definition) is 2. The van der Waals surface area contributed by atoms with Crippen molar-refractivity contribution in [1.82, 2.24) is 0 Å². The first-order valence-corrected chi connectivity index (χ1v) is 6.64. The van der Waals surface area contributed by atoms with Gasteiger partial charge in [-0.05, 0) is 12.3 Å². The molecule has 0 bridgehead atoms. The van der Waals surface area contributed by atoms with Crippen LogP contribution >= 0.6 is 11.8 Å². The average Bonchev–Trinajstić information content (AvgIpc) is 2.46. The van der Waals surface area contributed by atoms with E-state index in [0.717, 1.165) is 11.8 Å². The lowest BCUT2D eigenvalue weighted by Gasteiger charge is -2.22. The number of nitrogens with one attached hydrogen (secondary N) is 2. The summed E-state index contributed by atoms with van der Waals surface area (Å²) < 4.78 is 29.8. The van der Waals surface area contributed by atoms with Crippen molar-refractivity contribution in [3.05, 3.63) is 23.0 Å². The Hall–Kier alpha value is -1.60. The van der Waals surface area contributed by atoms with Crippen LogP contribution in [0.15, 0.2) is 6.07 Å². The van der Waals surface area contributed by atoms with E-state index in [9.17, 15) is 4.39 Å². The predicted molar refractivity (Wildman–Crippen MR) is 71.3 cm³/mol. The highest BCUT2D eigenvalue weighted by Gasteiger charge is 2.26. The van der Waals surface area contributed by atoms with E-state index >= 15 is 0 Å². The molecule has 0 unspecified atom stereocenters. The summed E-state index contributed by atoms with van der Waals surface area (Å²) in [5.41, 5.74) is 0.0555. The molecule has 0 radical (unpaired) electrons. The largest absolute Gasteiger partial charge is 0.493 e. The molecule has 0 aliphatic carbocycles. The topological polar surface area (TPSA) is 75.4 Å². The molecule has 1 heterocycles. The summed E-state index contributed by atoms with van der Waals surface area (Å²) in [6, 6.07) is 1.38. The van der Waals surface area contributed by atoms with Crippen molar-refractivity contribution >= 4 is 22.5 Å². The molecule has 1 aromatic rings. The third-order valence-electron chi connectivity index (χ3n) is 2.73. The number of methoxy groups -OCH3 is 1. The molecule has 1 aromatic carbocycles. The molecule has 0 fully saturated rings. The third-order valence-corrected chi connectivity index (χ3v) is 3.34. The fourth-order valence-corrected chi connectivity index (χ4v) is 2.07. The Morgan fingerprint density at radius 2 is 2.21 bits per heavy atom. The van der Waals surface area contributed by atoms with Gasteiger partial charge >= 0.3 is 0 Å². The van der Waals surface area contributed by atoms with Crippen LogP contribution in [0.4, 0.5) is 4.39 Å². The van der Waals surface area contributed by atoms with Gasteiger partial charge in [0.15, 0.2) is 18.3 Å². The van der Waals surface area contributed by atoms with Crippen LogP contribution in [0.1, 0.15) is 11.1 Å². The SMILES string of the molecule is COc1cc(C(=N)C(=N)SC)c(F)c2c1OCOC2. The van der Waals surface area contributed by atoms with Gasteiger partial charge in [0.2, 0.25) is 0 Å². The van der Waals surface area contributed by atoms with Crippen LogP contribution in [0.25, 0.3) is 0 Å². The van der Waals surface area contributed by atoms with E-state index in [1.54, 1.807) is 6.26 Å². The van der Waals surface area contributed by atoms with Gasteiger partial charge in [0, 0.05) is 5.56 Å². The quantitative estimate of drug-likeness (QED) is 0.660. The first-order chi connectivity index (χ1) is 9.10. The number of benzene rings is 1. The zero-order valence-electron chi connectivity index (χ0n) is 10.5. The normalized spacial score (nSPS) is 13.4. The molecule has 0 atom stereocenters. The van der Waals surface area contributed by atoms with E-state index in [1.165, 1.54) is 13.2 Å². The summed E-state index contributed by atoms with van der Waals surface area (Å²) in [7, 11) is 1.44. The number of ether oxygens (including phenoxy) is 3. The van der Waals surface area contributed by atoms with E-state index < -0.39 is 5.82 Å². The molecule has 1 aliphatic heterocycles. The Kier molecular flexibility index (Phi) is 4.06. The Morgan fingerprint density at radius 3 is 2.84 bits per heavy atom. The Bertz CT molecular complexity index is 548. The lowest BCUT2D eigenvalue weighted by atomic mass is 10.0. The van der Waals surface area contributed by atoms with Crippen molar-refractivity contribution in [3.8, 4) is 11.5 Å². The highest BCUT2D eigenvalue weighted by molar-refractivity contribution is 8.15. The van der Waals surface area contributed by atoms with Gasteiger partial charge in [-0.15, -0.1) is 11.8 Å². The minimum atomic E-state index is -0.598. The molecule has 102 valence electrons. The lowest BCUT2D eigenvalue weighted by Crippen LogP contribution is -2.18. The van der Waals surface area contributed by atoms with Crippen LogP contribution in [0.2, 0.25) is 0 Å². The van der Waals surface area contributed by atoms with E-state index in [4.69, 9.17) is 25.0 Å². The fourth-order valence-electron chi connectivity index (χ4n) is 1.76. The zero-order chi connectivity index (χ0) is 14.0. The van der Waals surface area contributed by atoms with Gasteiger partial charge < -0.3 is 14.2 Å². The minimum absolute atomic E-state index is 0.0152. The van der Waals surface area contributed by atoms with Crippen molar-refractivity contribution in [2.45, 2.75) is 6.61 Å². The van der Waals surface area contributed by atoms with Crippen LogP contribution < -0.4 is 9.47 Å². The van der Waals surface area contributed by atoms with Gasteiger partial charge in [0.1, 0.15) is 10.9 Å². The van der Waals surface area contributed by atoms with Gasteiger partial charge in [0.25, 0.3) is 0 Å². The van der Waals surface area contributed by atoms with Crippen molar-refractivity contribution in [2.75, 3.05) is 20.2 Å². The van der Waals surface area contributed by atoms with E-state index in [-0.39, 0.29) is 35.3 Å². The molecule has 1 aliphatic rings. The van der Waals surface area contributed by atoms with Gasteiger partial charge in [0.05, 0.1) is 25.0 Å². The van der Waals surface area contributed by atoms with Gasteiger partial charge in [-0.25, -0.2) is 4.39 Å². The maximum absolute atomic E-state index is 14.4. The molecule has 5 nitrogen and oxygen atoms in total. The van der Waals surface area contributed by atoms with Crippen LogP contribution in [0.3, 0.4) is 0 Å². The molecule has 19 heavy (non-hydrogen) atoms. The van der Waals surface area contributed by atoms with E-state index in [0.29, 0.717) is 11.5 Å². The fraction of sp³-hybridized carbons (Fsp3) is 0.333. The molecular formula is C12H13FN2O3S. The monoisotopic (exact) mass is 284 g/mol. The smallest absolute Gasteiger partial charge is 0.189 e. The summed E-state index contributed by atoms with van der Waals surface area (Å²) in [6.07, 6.45) is 1.66. The molecule has 2 N–H and O–H groups in total. The molecular weight excluding hydrogens is 271 g/mol. The highest BCUT2D eigenvalue weighted by Crippen LogP contribution is 2.38. The summed E-state index contributed by atoms with van der Waals surface area (Å²) >= 11 is 1.08. The number of hydrogen-bond acceptors (Lipinski definition) is 6. The van der Waals surface area contributed by atoms with Gasteiger partial charge in [-0.3, -0.25) is 10.8 Å². The first kappa shape index (κ1) is 13.8. The highest BCUT2D eigenvalue weighted by atomic mass is 32.2. The van der Waals surface area contributed by atoms with Crippen molar-refractivity contribution in [2.24, 2.45) is 0 Å². The van der Waals surface area contributed by atoms with E-state index in [1.807, 2.05) is 0 Å². The lowest BCUT2D eigenvalue weighted by molar-refractivity contribution is -0.0199. The number of rotatable bonds is 3. The van der Waals surface area contributed by atoms with Gasteiger partial charge in [-0.2, -0.15) is 0 Å². The third kappa shape index (κ3) is 2.43. The molecule has 0 aromatic heterocycles. The molecule has 0 spiro atoms. The Morgan fingerprint density at radius 1 is 1.47 bits per heavy atom. The molecule has 7 heteroatoms. The predicted octanol–water partition coefficient (Wildman–Crippen LogP) is 2.41. The molecule has 0 saturated carbocycles. The number of halogens is 1. The van der Waals surface area contributed by atoms with E-state index in [2.05, 4.69) is 0 Å². The summed E-state index contributed by atoms with van der Waals surface area (Å²) in [4.78, 5) is 0. The first-order valence-electron chi connectivity index (χ1n) is 5.41. The standard InChI is InChI=1S/C12H13FN2O3S/c1-16-8-3-6(10(14)12(15)19-2)9(13)7-4-17-5-18-11(7)8/h3,14-15H,4-5H2,1-2H3.